The highest BCUT2D eigenvalue weighted by molar-refractivity contribution is 5.69. The molecular weight excluding hydrogens is 224 g/mol. The zero-order chi connectivity index (χ0) is 12.7. The van der Waals surface area contributed by atoms with Crippen molar-refractivity contribution in [2.24, 2.45) is 0 Å². The quantitative estimate of drug-likeness (QED) is 0.619. The first kappa shape index (κ1) is 13.5. The van der Waals surface area contributed by atoms with E-state index in [1.807, 2.05) is 0 Å². The van der Waals surface area contributed by atoms with Gasteiger partial charge in [0, 0.05) is 6.42 Å². The van der Waals surface area contributed by atoms with Gasteiger partial charge in [-0.3, -0.25) is 4.79 Å². The second kappa shape index (κ2) is 6.88. The summed E-state index contributed by atoms with van der Waals surface area (Å²) >= 11 is 0. The van der Waals surface area contributed by atoms with Crippen LogP contribution < -0.4 is 0 Å². The van der Waals surface area contributed by atoms with Crippen molar-refractivity contribution in [3.63, 3.8) is 0 Å². The van der Waals surface area contributed by atoms with Gasteiger partial charge in [0.25, 0.3) is 0 Å². The molecule has 0 aliphatic carbocycles. The minimum absolute atomic E-state index is 0.183. The first-order valence-corrected chi connectivity index (χ1v) is 5.34. The molecule has 0 radical (unpaired) electrons. The SMILES string of the molecule is O=C(CCc1ccc(O)cc1)OCC(O)CO. The van der Waals surface area contributed by atoms with Crippen LogP contribution in [0.2, 0.25) is 0 Å². The number of hydrogen-bond donors (Lipinski definition) is 3. The summed E-state index contributed by atoms with van der Waals surface area (Å²) in [4.78, 5) is 11.2. The molecule has 0 bridgehead atoms. The summed E-state index contributed by atoms with van der Waals surface area (Å²) in [7, 11) is 0. The Bertz CT molecular complexity index is 346. The number of aliphatic hydroxyl groups excluding tert-OH is 2. The van der Waals surface area contributed by atoms with Crippen molar-refractivity contribution in [1.29, 1.82) is 0 Å². The van der Waals surface area contributed by atoms with Crippen LogP contribution in [0.5, 0.6) is 5.75 Å². The number of esters is 1. The summed E-state index contributed by atoms with van der Waals surface area (Å²) in [6, 6.07) is 6.56. The number of aliphatic hydroxyl groups is 2. The molecule has 0 amide bonds. The molecule has 1 rings (SSSR count). The van der Waals surface area contributed by atoms with E-state index in [0.29, 0.717) is 6.42 Å². The normalized spacial score (nSPS) is 12.1. The van der Waals surface area contributed by atoms with Gasteiger partial charge < -0.3 is 20.1 Å². The molecule has 0 aliphatic heterocycles. The molecule has 0 aromatic heterocycles. The third-order valence-electron chi connectivity index (χ3n) is 2.20. The van der Waals surface area contributed by atoms with Crippen molar-refractivity contribution in [3.05, 3.63) is 29.8 Å². The Morgan fingerprint density at radius 2 is 1.94 bits per heavy atom. The summed E-state index contributed by atoms with van der Waals surface area (Å²) in [6.07, 6.45) is -0.315. The van der Waals surface area contributed by atoms with E-state index in [-0.39, 0.29) is 18.8 Å². The number of phenols is 1. The molecule has 1 unspecified atom stereocenters. The standard InChI is InChI=1S/C12H16O5/c13-7-11(15)8-17-12(16)6-3-9-1-4-10(14)5-2-9/h1-2,4-5,11,13-15H,3,6-8H2. The van der Waals surface area contributed by atoms with Crippen molar-refractivity contribution in [1.82, 2.24) is 0 Å². The molecule has 5 nitrogen and oxygen atoms in total. The summed E-state index contributed by atoms with van der Waals surface area (Å²) in [5.74, 6) is -0.243. The summed E-state index contributed by atoms with van der Waals surface area (Å²) in [5, 5.41) is 26.5. The average Bonchev–Trinajstić information content (AvgIpc) is 2.35. The fourth-order valence-electron chi connectivity index (χ4n) is 1.22. The molecule has 1 aromatic rings. The third kappa shape index (κ3) is 5.33. The van der Waals surface area contributed by atoms with Crippen LogP contribution in [0.25, 0.3) is 0 Å². The lowest BCUT2D eigenvalue weighted by Crippen LogP contribution is -2.22. The van der Waals surface area contributed by atoms with Gasteiger partial charge in [0.1, 0.15) is 18.5 Å². The monoisotopic (exact) mass is 240 g/mol. The fourth-order valence-corrected chi connectivity index (χ4v) is 1.22. The van der Waals surface area contributed by atoms with Gasteiger partial charge in [0.2, 0.25) is 0 Å². The zero-order valence-electron chi connectivity index (χ0n) is 9.37. The van der Waals surface area contributed by atoms with Crippen LogP contribution in [0.3, 0.4) is 0 Å². The van der Waals surface area contributed by atoms with E-state index < -0.39 is 18.7 Å². The van der Waals surface area contributed by atoms with Gasteiger partial charge in [-0.2, -0.15) is 0 Å². The molecule has 1 aromatic carbocycles. The van der Waals surface area contributed by atoms with Gasteiger partial charge in [-0.25, -0.2) is 0 Å². The molecule has 0 saturated heterocycles. The van der Waals surface area contributed by atoms with E-state index in [1.54, 1.807) is 24.3 Å². The Kier molecular flexibility index (Phi) is 5.45. The summed E-state index contributed by atoms with van der Waals surface area (Å²) in [5.41, 5.74) is 0.919. The molecule has 0 spiro atoms. The van der Waals surface area contributed by atoms with E-state index in [0.717, 1.165) is 5.56 Å². The van der Waals surface area contributed by atoms with Crippen LogP contribution in [0.4, 0.5) is 0 Å². The number of aryl methyl sites for hydroxylation is 1. The van der Waals surface area contributed by atoms with Gasteiger partial charge >= 0.3 is 5.97 Å². The van der Waals surface area contributed by atoms with Gasteiger partial charge in [-0.05, 0) is 24.1 Å². The average molecular weight is 240 g/mol. The van der Waals surface area contributed by atoms with E-state index in [9.17, 15) is 4.79 Å². The lowest BCUT2D eigenvalue weighted by Gasteiger charge is -2.08. The molecule has 17 heavy (non-hydrogen) atoms. The highest BCUT2D eigenvalue weighted by atomic mass is 16.5. The predicted molar refractivity (Wildman–Crippen MR) is 60.5 cm³/mol. The van der Waals surface area contributed by atoms with E-state index in [1.165, 1.54) is 0 Å². The number of aromatic hydroxyl groups is 1. The van der Waals surface area contributed by atoms with E-state index in [4.69, 9.17) is 20.1 Å². The summed E-state index contributed by atoms with van der Waals surface area (Å²) in [6.45, 7) is -0.615. The highest BCUT2D eigenvalue weighted by Crippen LogP contribution is 2.11. The van der Waals surface area contributed by atoms with Crippen LogP contribution >= 0.6 is 0 Å². The predicted octanol–water partition coefficient (Wildman–Crippen LogP) is 0.221. The Morgan fingerprint density at radius 3 is 2.53 bits per heavy atom. The van der Waals surface area contributed by atoms with Crippen molar-refractivity contribution in [2.75, 3.05) is 13.2 Å². The zero-order valence-corrected chi connectivity index (χ0v) is 9.37. The molecule has 0 aliphatic rings. The Morgan fingerprint density at radius 1 is 1.29 bits per heavy atom. The second-order valence-electron chi connectivity index (χ2n) is 3.69. The van der Waals surface area contributed by atoms with Gasteiger partial charge in [0.15, 0.2) is 0 Å². The molecule has 0 saturated carbocycles. The molecular formula is C12H16O5. The molecule has 0 heterocycles. The summed E-state index contributed by atoms with van der Waals surface area (Å²) < 4.78 is 4.74. The smallest absolute Gasteiger partial charge is 0.306 e. The van der Waals surface area contributed by atoms with E-state index >= 15 is 0 Å². The minimum Gasteiger partial charge on any atom is -0.508 e. The number of benzene rings is 1. The van der Waals surface area contributed by atoms with Gasteiger partial charge in [0.05, 0.1) is 6.61 Å². The maximum atomic E-state index is 11.2. The van der Waals surface area contributed by atoms with Crippen molar-refractivity contribution in [3.8, 4) is 5.75 Å². The number of carbonyl (C=O) groups is 1. The van der Waals surface area contributed by atoms with Crippen LogP contribution in [0, 0.1) is 0 Å². The molecule has 1 atom stereocenters. The van der Waals surface area contributed by atoms with Crippen molar-refractivity contribution >= 4 is 5.97 Å². The lowest BCUT2D eigenvalue weighted by atomic mass is 10.1. The molecule has 0 fully saturated rings. The topological polar surface area (TPSA) is 87.0 Å². The van der Waals surface area contributed by atoms with E-state index in [2.05, 4.69) is 0 Å². The highest BCUT2D eigenvalue weighted by Gasteiger charge is 2.07. The molecule has 94 valence electrons. The van der Waals surface area contributed by atoms with Gasteiger partial charge in [-0.15, -0.1) is 0 Å². The van der Waals surface area contributed by atoms with Crippen molar-refractivity contribution in [2.45, 2.75) is 18.9 Å². The Balaban J connectivity index is 2.26. The lowest BCUT2D eigenvalue weighted by molar-refractivity contribution is -0.147. The number of carbonyl (C=O) groups excluding carboxylic acids is 1. The Labute approximate surface area is 99.3 Å². The van der Waals surface area contributed by atoms with Gasteiger partial charge in [-0.1, -0.05) is 12.1 Å². The molecule has 3 N–H and O–H groups in total. The number of rotatable bonds is 6. The van der Waals surface area contributed by atoms with Crippen LogP contribution in [0.15, 0.2) is 24.3 Å². The van der Waals surface area contributed by atoms with Crippen LogP contribution in [-0.2, 0) is 16.0 Å². The van der Waals surface area contributed by atoms with Crippen molar-refractivity contribution < 1.29 is 24.9 Å². The number of hydrogen-bond acceptors (Lipinski definition) is 5. The fraction of sp³-hybridized carbons (Fsp3) is 0.417. The first-order valence-electron chi connectivity index (χ1n) is 5.34. The van der Waals surface area contributed by atoms with Crippen LogP contribution in [-0.4, -0.2) is 40.6 Å². The largest absolute Gasteiger partial charge is 0.508 e. The molecule has 5 heteroatoms. The van der Waals surface area contributed by atoms with Crippen LogP contribution in [0.1, 0.15) is 12.0 Å². The Hall–Kier alpha value is -1.59. The number of phenolic OH excluding ortho intramolecular Hbond substituents is 1. The minimum atomic E-state index is -1.02. The maximum absolute atomic E-state index is 11.2. The first-order chi connectivity index (χ1) is 8.11. The second-order valence-corrected chi connectivity index (χ2v) is 3.69. The third-order valence-corrected chi connectivity index (χ3v) is 2.20. The number of ether oxygens (including phenoxy) is 1. The maximum Gasteiger partial charge on any atom is 0.306 e.